The van der Waals surface area contributed by atoms with Crippen molar-refractivity contribution in [2.45, 2.75) is 6.92 Å². The molecule has 2 aromatic carbocycles. The van der Waals surface area contributed by atoms with Crippen molar-refractivity contribution in [3.8, 4) is 16.9 Å². The minimum atomic E-state index is -1.55. The van der Waals surface area contributed by atoms with E-state index >= 15 is 0 Å². The number of aryl methyl sites for hydroxylation is 1. The van der Waals surface area contributed by atoms with Gasteiger partial charge in [-0.05, 0) is 30.2 Å². The molecule has 0 atom stereocenters. The van der Waals surface area contributed by atoms with Crippen LogP contribution in [0.4, 0.5) is 4.79 Å². The molecule has 86 valence electrons. The molecule has 4 heteroatoms. The number of benzene rings is 2. The van der Waals surface area contributed by atoms with E-state index in [-0.39, 0.29) is 35.3 Å². The Labute approximate surface area is 128 Å². The number of hydrogen-bond acceptors (Lipinski definition) is 3. The van der Waals surface area contributed by atoms with E-state index in [0.29, 0.717) is 0 Å². The number of carbonyl (C=O) groups excluding carboxylic acids is 1. The molecule has 0 fully saturated rings. The smallest absolute Gasteiger partial charge is 0.514 e. The number of hydrogen-bond donors (Lipinski definition) is 0. The molecule has 0 aliphatic heterocycles. The molecule has 0 saturated carbocycles. The van der Waals surface area contributed by atoms with E-state index in [2.05, 4.69) is 4.74 Å². The van der Waals surface area contributed by atoms with E-state index in [9.17, 15) is 9.90 Å². The summed E-state index contributed by atoms with van der Waals surface area (Å²) in [7, 11) is 0. The first-order valence-corrected chi connectivity index (χ1v) is 5.21. The first-order valence-electron chi connectivity index (χ1n) is 5.21. The molecular weight excluding hydrogens is 239 g/mol. The number of carboxylic acid groups (broad SMARTS) is 1. The summed E-state index contributed by atoms with van der Waals surface area (Å²) in [4.78, 5) is 10.2. The zero-order chi connectivity index (χ0) is 12.3. The fourth-order valence-electron chi connectivity index (χ4n) is 1.56. The summed E-state index contributed by atoms with van der Waals surface area (Å²) in [5.41, 5.74) is 3.29. The van der Waals surface area contributed by atoms with E-state index in [1.54, 1.807) is 12.1 Å². The standard InChI is InChI=1S/C14H12O3.Na/c1-10-2-4-11(5-3-10)12-6-8-13(9-7-12)17-14(15)16;/h2-9H,1H3,(H,15,16);/q;+1/p-1. The fraction of sp³-hybridized carbons (Fsp3) is 0.0714. The number of ether oxygens (including phenoxy) is 1. The van der Waals surface area contributed by atoms with Crippen molar-refractivity contribution >= 4 is 6.16 Å². The second-order valence-corrected chi connectivity index (χ2v) is 3.74. The van der Waals surface area contributed by atoms with Crippen LogP contribution in [0.25, 0.3) is 11.1 Å². The summed E-state index contributed by atoms with van der Waals surface area (Å²) in [6, 6.07) is 14.9. The van der Waals surface area contributed by atoms with Crippen molar-refractivity contribution in [3.05, 3.63) is 54.1 Å². The third-order valence-corrected chi connectivity index (χ3v) is 2.44. The first kappa shape index (κ1) is 14.8. The molecule has 2 aromatic rings. The monoisotopic (exact) mass is 250 g/mol. The minimum absolute atomic E-state index is 0. The molecule has 3 nitrogen and oxygen atoms in total. The zero-order valence-electron chi connectivity index (χ0n) is 10.3. The van der Waals surface area contributed by atoms with Crippen LogP contribution in [0.5, 0.6) is 5.75 Å². The quantitative estimate of drug-likeness (QED) is 0.406. The molecule has 2 rings (SSSR count). The van der Waals surface area contributed by atoms with E-state index in [1.807, 2.05) is 43.3 Å². The Morgan fingerprint density at radius 3 is 1.83 bits per heavy atom. The van der Waals surface area contributed by atoms with Crippen molar-refractivity contribution in [2.24, 2.45) is 0 Å². The van der Waals surface area contributed by atoms with E-state index in [1.165, 1.54) is 5.56 Å². The predicted octanol–water partition coefficient (Wildman–Crippen LogP) is -0.612. The van der Waals surface area contributed by atoms with Gasteiger partial charge in [0.15, 0.2) is 0 Å². The van der Waals surface area contributed by atoms with Crippen LogP contribution in [0.1, 0.15) is 5.56 Å². The number of rotatable bonds is 2. The van der Waals surface area contributed by atoms with Crippen molar-refractivity contribution in [1.29, 1.82) is 0 Å². The summed E-state index contributed by atoms with van der Waals surface area (Å²) in [6.45, 7) is 2.03. The van der Waals surface area contributed by atoms with Gasteiger partial charge in [-0.25, -0.2) is 0 Å². The molecule has 0 amide bonds. The van der Waals surface area contributed by atoms with Gasteiger partial charge in [0, 0.05) is 0 Å². The molecule has 0 aromatic heterocycles. The molecule has 0 bridgehead atoms. The van der Waals surface area contributed by atoms with Gasteiger partial charge < -0.3 is 14.6 Å². The molecular formula is C14H11NaO3. The van der Waals surface area contributed by atoms with Crippen LogP contribution in [0.2, 0.25) is 0 Å². The van der Waals surface area contributed by atoms with Crippen LogP contribution in [0.15, 0.2) is 48.5 Å². The van der Waals surface area contributed by atoms with Crippen molar-refractivity contribution in [2.75, 3.05) is 0 Å². The molecule has 0 aliphatic rings. The summed E-state index contributed by atoms with van der Waals surface area (Å²) in [5.74, 6) is 0.265. The third kappa shape index (κ3) is 3.88. The van der Waals surface area contributed by atoms with Gasteiger partial charge in [0.2, 0.25) is 0 Å². The van der Waals surface area contributed by atoms with Gasteiger partial charge in [-0.3, -0.25) is 0 Å². The van der Waals surface area contributed by atoms with E-state index in [4.69, 9.17) is 0 Å². The van der Waals surface area contributed by atoms with Crippen molar-refractivity contribution < 1.29 is 44.2 Å². The molecule has 0 heterocycles. The molecule has 0 unspecified atom stereocenters. The van der Waals surface area contributed by atoms with Gasteiger partial charge in [0.25, 0.3) is 6.16 Å². The van der Waals surface area contributed by atoms with Gasteiger partial charge in [-0.2, -0.15) is 0 Å². The number of carbonyl (C=O) groups is 1. The normalized spacial score (nSPS) is 9.39. The Balaban J connectivity index is 0.00000162. The van der Waals surface area contributed by atoms with E-state index in [0.717, 1.165) is 11.1 Å². The summed E-state index contributed by atoms with van der Waals surface area (Å²) >= 11 is 0. The van der Waals surface area contributed by atoms with Gasteiger partial charge in [-0.1, -0.05) is 42.0 Å². The van der Waals surface area contributed by atoms with Crippen molar-refractivity contribution in [1.82, 2.24) is 0 Å². The van der Waals surface area contributed by atoms with Crippen molar-refractivity contribution in [3.63, 3.8) is 0 Å². The van der Waals surface area contributed by atoms with Crippen LogP contribution in [0, 0.1) is 6.92 Å². The maximum absolute atomic E-state index is 10.2. The topological polar surface area (TPSA) is 49.4 Å². The summed E-state index contributed by atoms with van der Waals surface area (Å²) < 4.78 is 4.43. The van der Waals surface area contributed by atoms with Gasteiger partial charge in [0.05, 0.1) is 5.75 Å². The second-order valence-electron chi connectivity index (χ2n) is 3.74. The largest absolute Gasteiger partial charge is 1.00 e. The van der Waals surface area contributed by atoms with Gasteiger partial charge in [0.1, 0.15) is 0 Å². The Kier molecular flexibility index (Phi) is 5.41. The maximum Gasteiger partial charge on any atom is 1.00 e. The second kappa shape index (κ2) is 6.59. The van der Waals surface area contributed by atoms with Crippen LogP contribution in [-0.4, -0.2) is 6.16 Å². The van der Waals surface area contributed by atoms with Crippen LogP contribution in [0.3, 0.4) is 0 Å². The zero-order valence-corrected chi connectivity index (χ0v) is 12.3. The van der Waals surface area contributed by atoms with E-state index < -0.39 is 6.16 Å². The molecule has 0 saturated heterocycles. The van der Waals surface area contributed by atoms with Crippen LogP contribution < -0.4 is 39.4 Å². The maximum atomic E-state index is 10.2. The van der Waals surface area contributed by atoms with Gasteiger partial charge in [-0.15, -0.1) is 0 Å². The Bertz CT molecular complexity index is 518. The third-order valence-electron chi connectivity index (χ3n) is 2.44. The average molecular weight is 250 g/mol. The molecule has 18 heavy (non-hydrogen) atoms. The predicted molar refractivity (Wildman–Crippen MR) is 62.6 cm³/mol. The average Bonchev–Trinajstić information content (AvgIpc) is 2.30. The summed E-state index contributed by atoms with van der Waals surface area (Å²) in [6.07, 6.45) is -1.55. The Morgan fingerprint density at radius 2 is 1.39 bits per heavy atom. The van der Waals surface area contributed by atoms with Crippen LogP contribution in [-0.2, 0) is 0 Å². The first-order chi connectivity index (χ1) is 8.15. The minimum Gasteiger partial charge on any atom is -0.514 e. The fourth-order valence-corrected chi connectivity index (χ4v) is 1.56. The Hall–Kier alpha value is -1.29. The molecule has 0 radical (unpaired) electrons. The SMILES string of the molecule is Cc1ccc(-c2ccc(OC(=O)[O-])cc2)cc1.[Na+]. The summed E-state index contributed by atoms with van der Waals surface area (Å²) in [5, 5.41) is 10.2. The molecule has 0 N–H and O–H groups in total. The van der Waals surface area contributed by atoms with Gasteiger partial charge >= 0.3 is 29.6 Å². The molecule has 0 aliphatic carbocycles. The molecule has 0 spiro atoms. The Morgan fingerprint density at radius 1 is 0.944 bits per heavy atom. The van der Waals surface area contributed by atoms with Crippen LogP contribution >= 0.6 is 0 Å².